The molecule has 6 nitrogen and oxygen atoms in total. The van der Waals surface area contributed by atoms with Gasteiger partial charge in [-0.15, -0.1) is 0 Å². The van der Waals surface area contributed by atoms with Gasteiger partial charge in [0.15, 0.2) is 15.6 Å². The summed E-state index contributed by atoms with van der Waals surface area (Å²) in [6.45, 7) is 5.79. The van der Waals surface area contributed by atoms with Crippen LogP contribution in [0.15, 0.2) is 40.8 Å². The van der Waals surface area contributed by atoms with Crippen molar-refractivity contribution in [2.24, 2.45) is 0 Å². The maximum absolute atomic E-state index is 12.4. The molecule has 0 aliphatic carbocycles. The molecule has 2 aromatic rings. The van der Waals surface area contributed by atoms with Crippen LogP contribution in [0.2, 0.25) is 0 Å². The molecule has 0 unspecified atom stereocenters. The molecule has 27 heavy (non-hydrogen) atoms. The lowest BCUT2D eigenvalue weighted by Crippen LogP contribution is -3.10. The molecule has 0 atom stereocenters. The van der Waals surface area contributed by atoms with Crippen LogP contribution in [0.5, 0.6) is 0 Å². The monoisotopic (exact) mass is 391 g/mol. The number of benzene rings is 1. The second-order valence-electron chi connectivity index (χ2n) is 7.25. The quantitative estimate of drug-likeness (QED) is 0.706. The highest BCUT2D eigenvalue weighted by atomic mass is 32.2. The van der Waals surface area contributed by atoms with E-state index in [0.717, 1.165) is 17.7 Å². The number of carbonyl (C=O) groups is 1. The van der Waals surface area contributed by atoms with Crippen LogP contribution in [0, 0.1) is 6.92 Å². The first-order valence-corrected chi connectivity index (χ1v) is 11.2. The van der Waals surface area contributed by atoms with Gasteiger partial charge in [-0.2, -0.15) is 0 Å². The summed E-state index contributed by atoms with van der Waals surface area (Å²) in [6.07, 6.45) is 2.50. The zero-order valence-corrected chi connectivity index (χ0v) is 16.5. The fraction of sp³-hybridized carbons (Fsp3) is 0.450. The van der Waals surface area contributed by atoms with Gasteiger partial charge in [0.25, 0.3) is 5.91 Å². The maximum atomic E-state index is 12.4. The summed E-state index contributed by atoms with van der Waals surface area (Å²) in [5.41, 5.74) is 1.83. The molecule has 3 rings (SSSR count). The Balaban J connectivity index is 1.51. The molecule has 1 aliphatic rings. The van der Waals surface area contributed by atoms with Crippen molar-refractivity contribution in [2.75, 3.05) is 26.2 Å². The molecule has 146 valence electrons. The molecule has 0 bridgehead atoms. The number of carbonyl (C=O) groups excluding carboxylic acids is 1. The van der Waals surface area contributed by atoms with Gasteiger partial charge in [-0.3, -0.25) is 4.79 Å². The molecule has 1 fully saturated rings. The smallest absolute Gasteiger partial charge is 0.287 e. The minimum Gasteiger partial charge on any atom is -0.455 e. The van der Waals surface area contributed by atoms with Crippen LogP contribution in [0.25, 0.3) is 0 Å². The third-order valence-corrected chi connectivity index (χ3v) is 6.33. The molecular weight excluding hydrogens is 364 g/mol. The number of rotatable bonds is 8. The minimum atomic E-state index is -3.37. The van der Waals surface area contributed by atoms with Crippen molar-refractivity contribution in [1.82, 2.24) is 5.32 Å². The lowest BCUT2D eigenvalue weighted by molar-refractivity contribution is -0.886. The summed E-state index contributed by atoms with van der Waals surface area (Å²) in [5.74, 6) is -0.111. The van der Waals surface area contributed by atoms with E-state index in [1.54, 1.807) is 6.07 Å². The van der Waals surface area contributed by atoms with Crippen LogP contribution in [0.1, 0.15) is 40.3 Å². The van der Waals surface area contributed by atoms with Gasteiger partial charge in [-0.1, -0.05) is 29.8 Å². The van der Waals surface area contributed by atoms with Crippen molar-refractivity contribution < 1.29 is 22.5 Å². The summed E-state index contributed by atoms with van der Waals surface area (Å²) < 4.78 is 30.2. The van der Waals surface area contributed by atoms with Crippen LogP contribution >= 0.6 is 0 Å². The van der Waals surface area contributed by atoms with Crippen molar-refractivity contribution in [1.29, 1.82) is 0 Å². The molecule has 1 aromatic heterocycles. The number of sulfone groups is 1. The van der Waals surface area contributed by atoms with Crippen molar-refractivity contribution in [3.8, 4) is 0 Å². The maximum Gasteiger partial charge on any atom is 0.287 e. The zero-order valence-electron chi connectivity index (χ0n) is 15.7. The van der Waals surface area contributed by atoms with Gasteiger partial charge < -0.3 is 14.6 Å². The third kappa shape index (κ3) is 5.94. The highest BCUT2D eigenvalue weighted by Gasteiger charge is 2.19. The van der Waals surface area contributed by atoms with Crippen LogP contribution in [-0.2, 0) is 21.3 Å². The number of quaternary nitrogens is 1. The molecule has 1 amide bonds. The molecule has 2 heterocycles. The van der Waals surface area contributed by atoms with E-state index in [-0.39, 0.29) is 28.9 Å². The Bertz CT molecular complexity index is 866. The number of likely N-dealkylation sites (tertiary alicyclic amines) is 1. The fourth-order valence-corrected chi connectivity index (χ4v) is 4.74. The Labute approximate surface area is 160 Å². The normalized spacial score (nSPS) is 15.1. The van der Waals surface area contributed by atoms with Crippen LogP contribution in [0.3, 0.4) is 0 Å². The van der Waals surface area contributed by atoms with Gasteiger partial charge in [0, 0.05) is 12.8 Å². The molecule has 1 saturated heterocycles. The highest BCUT2D eigenvalue weighted by Crippen LogP contribution is 2.15. The van der Waals surface area contributed by atoms with Gasteiger partial charge in [0.1, 0.15) is 11.5 Å². The Morgan fingerprint density at radius 2 is 1.78 bits per heavy atom. The lowest BCUT2D eigenvalue weighted by Gasteiger charge is -2.11. The second-order valence-corrected chi connectivity index (χ2v) is 9.31. The number of hydrogen-bond donors (Lipinski definition) is 2. The van der Waals surface area contributed by atoms with Crippen LogP contribution in [-0.4, -0.2) is 40.5 Å². The van der Waals surface area contributed by atoms with E-state index in [1.807, 2.05) is 31.2 Å². The molecule has 1 aliphatic heterocycles. The molecule has 0 spiro atoms. The van der Waals surface area contributed by atoms with Crippen molar-refractivity contribution in [3.05, 3.63) is 59.0 Å². The van der Waals surface area contributed by atoms with E-state index in [0.29, 0.717) is 6.54 Å². The van der Waals surface area contributed by atoms with Crippen molar-refractivity contribution in [3.63, 3.8) is 0 Å². The average Bonchev–Trinajstić information content (AvgIpc) is 3.28. The minimum absolute atomic E-state index is 0.0475. The molecule has 0 radical (unpaired) electrons. The van der Waals surface area contributed by atoms with E-state index >= 15 is 0 Å². The first kappa shape index (κ1) is 19.6. The predicted octanol–water partition coefficient (Wildman–Crippen LogP) is 1.11. The van der Waals surface area contributed by atoms with Crippen LogP contribution in [0.4, 0.5) is 0 Å². The number of amides is 1. The largest absolute Gasteiger partial charge is 0.455 e. The second kappa shape index (κ2) is 8.71. The van der Waals surface area contributed by atoms with Crippen molar-refractivity contribution >= 4 is 15.7 Å². The summed E-state index contributed by atoms with van der Waals surface area (Å²) in [5, 5.41) is 2.84. The van der Waals surface area contributed by atoms with Gasteiger partial charge >= 0.3 is 0 Å². The van der Waals surface area contributed by atoms with E-state index in [1.165, 1.54) is 36.9 Å². The fourth-order valence-electron chi connectivity index (χ4n) is 3.35. The van der Waals surface area contributed by atoms with E-state index < -0.39 is 9.84 Å². The SMILES string of the molecule is Cc1ccc(CS(=O)(=O)Cc2ccc(C(=O)NCC[NH+]3CCCC3)o2)cc1. The molecule has 7 heteroatoms. The highest BCUT2D eigenvalue weighted by molar-refractivity contribution is 7.89. The summed E-state index contributed by atoms with van der Waals surface area (Å²) in [4.78, 5) is 13.7. The Morgan fingerprint density at radius 3 is 2.48 bits per heavy atom. The van der Waals surface area contributed by atoms with Gasteiger partial charge in [-0.05, 0) is 24.6 Å². The Morgan fingerprint density at radius 1 is 1.07 bits per heavy atom. The number of nitrogens with one attached hydrogen (secondary N) is 2. The van der Waals surface area contributed by atoms with Crippen molar-refractivity contribution in [2.45, 2.75) is 31.3 Å². The number of aryl methyl sites for hydroxylation is 1. The first-order chi connectivity index (χ1) is 12.9. The summed E-state index contributed by atoms with van der Waals surface area (Å²) >= 11 is 0. The standard InChI is InChI=1S/C20H26N2O4S/c1-16-4-6-17(7-5-16)14-27(24,25)15-18-8-9-19(26-18)20(23)21-10-13-22-11-2-3-12-22/h4-9H,2-3,10-15H2,1H3,(H,21,23)/p+1. The molecule has 2 N–H and O–H groups in total. The zero-order chi connectivity index (χ0) is 19.3. The molecular formula is C20H27N2O4S+. The topological polar surface area (TPSA) is 80.8 Å². The summed E-state index contributed by atoms with van der Waals surface area (Å²) in [7, 11) is -3.37. The molecule has 1 aromatic carbocycles. The average molecular weight is 392 g/mol. The Hall–Kier alpha value is -2.12. The molecule has 0 saturated carbocycles. The summed E-state index contributed by atoms with van der Waals surface area (Å²) in [6, 6.07) is 10.5. The third-order valence-electron chi connectivity index (χ3n) is 4.83. The van der Waals surface area contributed by atoms with Gasteiger partial charge in [-0.25, -0.2) is 8.42 Å². The number of hydrogen-bond acceptors (Lipinski definition) is 4. The Kier molecular flexibility index (Phi) is 6.34. The van der Waals surface area contributed by atoms with Gasteiger partial charge in [0.05, 0.1) is 31.9 Å². The lowest BCUT2D eigenvalue weighted by atomic mass is 10.2. The van der Waals surface area contributed by atoms with E-state index in [9.17, 15) is 13.2 Å². The predicted molar refractivity (Wildman–Crippen MR) is 103 cm³/mol. The van der Waals surface area contributed by atoms with E-state index in [2.05, 4.69) is 5.32 Å². The van der Waals surface area contributed by atoms with Gasteiger partial charge in [0.2, 0.25) is 0 Å². The van der Waals surface area contributed by atoms with E-state index in [4.69, 9.17) is 4.42 Å². The number of furan rings is 1. The first-order valence-electron chi connectivity index (χ1n) is 9.38. The van der Waals surface area contributed by atoms with Crippen LogP contribution < -0.4 is 10.2 Å².